The van der Waals surface area contributed by atoms with E-state index in [2.05, 4.69) is 12.2 Å². The SMILES string of the molecule is CCCCNC(=O)c1ccc(OCC)c(COc2ccccc2)c1. The Morgan fingerprint density at radius 2 is 1.83 bits per heavy atom. The van der Waals surface area contributed by atoms with Crippen molar-refractivity contribution in [2.24, 2.45) is 0 Å². The Hall–Kier alpha value is -2.49. The lowest BCUT2D eigenvalue weighted by atomic mass is 10.1. The molecule has 2 aromatic rings. The van der Waals surface area contributed by atoms with Gasteiger partial charge in [0.15, 0.2) is 0 Å². The van der Waals surface area contributed by atoms with Crippen molar-refractivity contribution in [3.8, 4) is 11.5 Å². The third kappa shape index (κ3) is 5.30. The molecule has 0 fully saturated rings. The minimum Gasteiger partial charge on any atom is -0.493 e. The molecule has 0 aromatic heterocycles. The number of para-hydroxylation sites is 1. The first-order valence-corrected chi connectivity index (χ1v) is 8.46. The maximum Gasteiger partial charge on any atom is 0.251 e. The van der Waals surface area contributed by atoms with Crippen LogP contribution in [-0.2, 0) is 6.61 Å². The van der Waals surface area contributed by atoms with E-state index in [4.69, 9.17) is 9.47 Å². The second-order valence-electron chi connectivity index (χ2n) is 5.47. The molecule has 0 bridgehead atoms. The number of amides is 1. The number of hydrogen-bond acceptors (Lipinski definition) is 3. The third-order valence-electron chi connectivity index (χ3n) is 3.58. The summed E-state index contributed by atoms with van der Waals surface area (Å²) in [4.78, 5) is 12.2. The van der Waals surface area contributed by atoms with Gasteiger partial charge in [0.1, 0.15) is 18.1 Å². The summed E-state index contributed by atoms with van der Waals surface area (Å²) in [7, 11) is 0. The highest BCUT2D eigenvalue weighted by Gasteiger charge is 2.11. The molecule has 0 heterocycles. The fourth-order valence-electron chi connectivity index (χ4n) is 2.29. The molecule has 4 heteroatoms. The zero-order chi connectivity index (χ0) is 17.2. The zero-order valence-corrected chi connectivity index (χ0v) is 14.4. The molecule has 0 unspecified atom stereocenters. The van der Waals surface area contributed by atoms with Crippen LogP contribution in [-0.4, -0.2) is 19.1 Å². The smallest absolute Gasteiger partial charge is 0.251 e. The van der Waals surface area contributed by atoms with Crippen LogP contribution >= 0.6 is 0 Å². The highest BCUT2D eigenvalue weighted by molar-refractivity contribution is 5.94. The van der Waals surface area contributed by atoms with Crippen molar-refractivity contribution in [3.63, 3.8) is 0 Å². The zero-order valence-electron chi connectivity index (χ0n) is 14.4. The summed E-state index contributed by atoms with van der Waals surface area (Å²) < 4.78 is 11.4. The summed E-state index contributed by atoms with van der Waals surface area (Å²) in [5, 5.41) is 2.93. The minimum absolute atomic E-state index is 0.0625. The Morgan fingerprint density at radius 3 is 2.54 bits per heavy atom. The van der Waals surface area contributed by atoms with E-state index in [0.717, 1.165) is 29.9 Å². The predicted molar refractivity (Wildman–Crippen MR) is 95.6 cm³/mol. The van der Waals surface area contributed by atoms with Crippen LogP contribution in [0.15, 0.2) is 48.5 Å². The molecule has 1 amide bonds. The minimum atomic E-state index is -0.0625. The number of hydrogen-bond donors (Lipinski definition) is 1. The second-order valence-corrected chi connectivity index (χ2v) is 5.47. The van der Waals surface area contributed by atoms with Gasteiger partial charge in [-0.3, -0.25) is 4.79 Å². The van der Waals surface area contributed by atoms with E-state index in [1.165, 1.54) is 0 Å². The average Bonchev–Trinajstić information content (AvgIpc) is 2.62. The fourth-order valence-corrected chi connectivity index (χ4v) is 2.29. The first kappa shape index (κ1) is 17.9. The standard InChI is InChI=1S/C20H25NO3/c1-3-5-13-21-20(22)16-11-12-19(23-4-2)17(14-16)15-24-18-9-7-6-8-10-18/h6-12,14H,3-5,13,15H2,1-2H3,(H,21,22). The molecule has 4 nitrogen and oxygen atoms in total. The highest BCUT2D eigenvalue weighted by atomic mass is 16.5. The Labute approximate surface area is 143 Å². The Morgan fingerprint density at radius 1 is 1.04 bits per heavy atom. The third-order valence-corrected chi connectivity index (χ3v) is 3.58. The summed E-state index contributed by atoms with van der Waals surface area (Å²) in [5.41, 5.74) is 1.49. The van der Waals surface area contributed by atoms with E-state index < -0.39 is 0 Å². The van der Waals surface area contributed by atoms with Gasteiger partial charge >= 0.3 is 0 Å². The number of carbonyl (C=O) groups excluding carboxylic acids is 1. The van der Waals surface area contributed by atoms with Gasteiger partial charge < -0.3 is 14.8 Å². The van der Waals surface area contributed by atoms with E-state index in [0.29, 0.717) is 25.3 Å². The van der Waals surface area contributed by atoms with Crippen molar-refractivity contribution in [1.29, 1.82) is 0 Å². The van der Waals surface area contributed by atoms with Crippen LogP contribution in [0.1, 0.15) is 42.6 Å². The highest BCUT2D eigenvalue weighted by Crippen LogP contribution is 2.22. The first-order valence-electron chi connectivity index (χ1n) is 8.46. The molecule has 0 atom stereocenters. The number of ether oxygens (including phenoxy) is 2. The van der Waals surface area contributed by atoms with Gasteiger partial charge in [-0.05, 0) is 43.7 Å². The molecule has 0 aliphatic rings. The van der Waals surface area contributed by atoms with E-state index in [9.17, 15) is 4.79 Å². The van der Waals surface area contributed by atoms with Crippen molar-refractivity contribution in [3.05, 3.63) is 59.7 Å². The number of rotatable bonds is 9. The van der Waals surface area contributed by atoms with Gasteiger partial charge in [0.25, 0.3) is 5.91 Å². The summed E-state index contributed by atoms with van der Waals surface area (Å²) in [6.45, 7) is 5.66. The van der Waals surface area contributed by atoms with Crippen molar-refractivity contribution in [2.45, 2.75) is 33.3 Å². The summed E-state index contributed by atoms with van der Waals surface area (Å²) in [5.74, 6) is 1.48. The molecule has 2 rings (SSSR count). The molecule has 0 spiro atoms. The largest absolute Gasteiger partial charge is 0.493 e. The predicted octanol–water partition coefficient (Wildman–Crippen LogP) is 4.19. The van der Waals surface area contributed by atoms with Crippen LogP contribution in [0.4, 0.5) is 0 Å². The van der Waals surface area contributed by atoms with Gasteiger partial charge in [0.2, 0.25) is 0 Å². The molecular weight excluding hydrogens is 302 g/mol. The maximum atomic E-state index is 12.2. The topological polar surface area (TPSA) is 47.6 Å². The van der Waals surface area contributed by atoms with E-state index in [1.54, 1.807) is 6.07 Å². The summed E-state index contributed by atoms with van der Waals surface area (Å²) in [6.07, 6.45) is 2.03. The summed E-state index contributed by atoms with van der Waals surface area (Å²) >= 11 is 0. The molecule has 0 saturated carbocycles. The van der Waals surface area contributed by atoms with Crippen molar-refractivity contribution >= 4 is 5.91 Å². The first-order chi connectivity index (χ1) is 11.7. The quantitative estimate of drug-likeness (QED) is 0.702. The Bertz CT molecular complexity index is 641. The van der Waals surface area contributed by atoms with Crippen LogP contribution < -0.4 is 14.8 Å². The molecule has 0 radical (unpaired) electrons. The van der Waals surface area contributed by atoms with Gasteiger partial charge in [-0.1, -0.05) is 31.5 Å². The normalized spacial score (nSPS) is 10.2. The van der Waals surface area contributed by atoms with Gasteiger partial charge in [0, 0.05) is 17.7 Å². The van der Waals surface area contributed by atoms with Gasteiger partial charge in [-0.2, -0.15) is 0 Å². The van der Waals surface area contributed by atoms with Crippen molar-refractivity contribution in [1.82, 2.24) is 5.32 Å². The number of unbranched alkanes of at least 4 members (excludes halogenated alkanes) is 1. The molecule has 2 aromatic carbocycles. The van der Waals surface area contributed by atoms with Gasteiger partial charge in [-0.15, -0.1) is 0 Å². The lowest BCUT2D eigenvalue weighted by Gasteiger charge is -2.13. The van der Waals surface area contributed by atoms with Crippen LogP contribution in [0.2, 0.25) is 0 Å². The van der Waals surface area contributed by atoms with E-state index in [1.807, 2.05) is 49.4 Å². The molecular formula is C20H25NO3. The lowest BCUT2D eigenvalue weighted by Crippen LogP contribution is -2.24. The molecule has 1 N–H and O–H groups in total. The molecule has 0 aliphatic heterocycles. The second kappa shape index (κ2) is 9.60. The van der Waals surface area contributed by atoms with Gasteiger partial charge in [0.05, 0.1) is 6.61 Å². The Balaban J connectivity index is 2.10. The average molecular weight is 327 g/mol. The maximum absolute atomic E-state index is 12.2. The fraction of sp³-hybridized carbons (Fsp3) is 0.350. The van der Waals surface area contributed by atoms with Crippen LogP contribution in [0.5, 0.6) is 11.5 Å². The molecule has 128 valence electrons. The number of nitrogens with one attached hydrogen (secondary N) is 1. The summed E-state index contributed by atoms with van der Waals surface area (Å²) in [6, 6.07) is 15.1. The van der Waals surface area contributed by atoms with Crippen LogP contribution in [0, 0.1) is 0 Å². The lowest BCUT2D eigenvalue weighted by molar-refractivity contribution is 0.0953. The molecule has 24 heavy (non-hydrogen) atoms. The number of benzene rings is 2. The van der Waals surface area contributed by atoms with Crippen LogP contribution in [0.3, 0.4) is 0 Å². The van der Waals surface area contributed by atoms with Gasteiger partial charge in [-0.25, -0.2) is 0 Å². The molecule has 0 saturated heterocycles. The van der Waals surface area contributed by atoms with Crippen LogP contribution in [0.25, 0.3) is 0 Å². The van der Waals surface area contributed by atoms with Crippen molar-refractivity contribution < 1.29 is 14.3 Å². The van der Waals surface area contributed by atoms with E-state index in [-0.39, 0.29) is 5.91 Å². The molecule has 0 aliphatic carbocycles. The van der Waals surface area contributed by atoms with Crippen molar-refractivity contribution in [2.75, 3.05) is 13.2 Å². The monoisotopic (exact) mass is 327 g/mol. The van der Waals surface area contributed by atoms with E-state index >= 15 is 0 Å². The number of carbonyl (C=O) groups is 1. The Kier molecular flexibility index (Phi) is 7.15.